The van der Waals surface area contributed by atoms with Gasteiger partial charge in [-0.25, -0.2) is 0 Å². The van der Waals surface area contributed by atoms with Crippen molar-refractivity contribution >= 4 is 17.5 Å². The van der Waals surface area contributed by atoms with Crippen LogP contribution < -0.4 is 10.6 Å². The summed E-state index contributed by atoms with van der Waals surface area (Å²) >= 11 is 0. The first-order chi connectivity index (χ1) is 9.04. The van der Waals surface area contributed by atoms with Gasteiger partial charge in [0.15, 0.2) is 0 Å². The molecule has 0 aliphatic rings. The maximum Gasteiger partial charge on any atom is 0.253 e. The van der Waals surface area contributed by atoms with Crippen molar-refractivity contribution in [3.8, 4) is 0 Å². The molecule has 0 aliphatic carbocycles. The molecule has 104 valence electrons. The average molecular weight is 262 g/mol. The van der Waals surface area contributed by atoms with Crippen LogP contribution in [-0.4, -0.2) is 18.4 Å². The van der Waals surface area contributed by atoms with Gasteiger partial charge in [0.1, 0.15) is 0 Å². The molecule has 0 spiro atoms. The molecular formula is C15H22N2O2. The molecule has 2 N–H and O–H groups in total. The number of hydrogen-bond donors (Lipinski definition) is 2. The summed E-state index contributed by atoms with van der Waals surface area (Å²) in [5, 5.41) is 5.61. The Morgan fingerprint density at radius 3 is 2.53 bits per heavy atom. The van der Waals surface area contributed by atoms with Crippen LogP contribution in [0.4, 0.5) is 5.69 Å². The fraction of sp³-hybridized carbons (Fsp3) is 0.467. The molecule has 19 heavy (non-hydrogen) atoms. The molecule has 0 aliphatic heterocycles. The molecule has 2 amide bonds. The second-order valence-electron chi connectivity index (χ2n) is 4.95. The van der Waals surface area contributed by atoms with Gasteiger partial charge >= 0.3 is 0 Å². The van der Waals surface area contributed by atoms with Gasteiger partial charge in [0.2, 0.25) is 5.91 Å². The van der Waals surface area contributed by atoms with Gasteiger partial charge in [-0.05, 0) is 24.5 Å². The summed E-state index contributed by atoms with van der Waals surface area (Å²) in [4.78, 5) is 23.7. The van der Waals surface area contributed by atoms with E-state index in [9.17, 15) is 9.59 Å². The van der Waals surface area contributed by atoms with Crippen molar-refractivity contribution in [2.24, 2.45) is 5.92 Å². The lowest BCUT2D eigenvalue weighted by molar-refractivity contribution is -0.116. The maximum absolute atomic E-state index is 12.0. The third kappa shape index (κ3) is 5.12. The van der Waals surface area contributed by atoms with Crippen molar-refractivity contribution in [3.63, 3.8) is 0 Å². The molecule has 1 aromatic rings. The summed E-state index contributed by atoms with van der Waals surface area (Å²) in [6.45, 7) is 6.60. The Morgan fingerprint density at radius 2 is 1.89 bits per heavy atom. The molecule has 1 rings (SSSR count). The summed E-state index contributed by atoms with van der Waals surface area (Å²) < 4.78 is 0. The summed E-state index contributed by atoms with van der Waals surface area (Å²) in [6, 6.07) is 7.07. The van der Waals surface area contributed by atoms with E-state index < -0.39 is 0 Å². The smallest absolute Gasteiger partial charge is 0.253 e. The van der Waals surface area contributed by atoms with Gasteiger partial charge < -0.3 is 10.6 Å². The minimum absolute atomic E-state index is 0.0641. The van der Waals surface area contributed by atoms with Crippen LogP contribution in [0, 0.1) is 5.92 Å². The molecule has 1 aromatic carbocycles. The number of benzene rings is 1. The number of para-hydroxylation sites is 1. The van der Waals surface area contributed by atoms with E-state index in [1.807, 2.05) is 26.8 Å². The second kappa shape index (κ2) is 7.56. The van der Waals surface area contributed by atoms with Crippen LogP contribution in [0.15, 0.2) is 24.3 Å². The highest BCUT2D eigenvalue weighted by atomic mass is 16.2. The Kier molecular flexibility index (Phi) is 6.06. The minimum atomic E-state index is -0.151. The number of hydrogen-bond acceptors (Lipinski definition) is 2. The van der Waals surface area contributed by atoms with Crippen molar-refractivity contribution in [3.05, 3.63) is 29.8 Å². The fourth-order valence-corrected chi connectivity index (χ4v) is 1.70. The predicted molar refractivity (Wildman–Crippen MR) is 77.2 cm³/mol. The Labute approximate surface area is 114 Å². The number of anilines is 1. The largest absolute Gasteiger partial charge is 0.352 e. The first-order valence-electron chi connectivity index (χ1n) is 6.71. The van der Waals surface area contributed by atoms with Gasteiger partial charge in [0, 0.05) is 13.0 Å². The van der Waals surface area contributed by atoms with Crippen molar-refractivity contribution in [1.29, 1.82) is 0 Å². The normalized spacial score (nSPS) is 10.3. The molecule has 0 saturated heterocycles. The maximum atomic E-state index is 12.0. The Bertz CT molecular complexity index is 442. The standard InChI is InChI=1S/C15H22N2O2/c1-4-9-16-15(19)12-7-5-6-8-13(12)17-14(18)10-11(2)3/h5-8,11H,4,9-10H2,1-3H3,(H,16,19)(H,17,18). The second-order valence-corrected chi connectivity index (χ2v) is 4.95. The van der Waals surface area contributed by atoms with E-state index in [4.69, 9.17) is 0 Å². The fourth-order valence-electron chi connectivity index (χ4n) is 1.70. The highest BCUT2D eigenvalue weighted by Gasteiger charge is 2.12. The van der Waals surface area contributed by atoms with E-state index in [-0.39, 0.29) is 11.8 Å². The molecular weight excluding hydrogens is 240 g/mol. The van der Waals surface area contributed by atoms with E-state index in [1.54, 1.807) is 18.2 Å². The lowest BCUT2D eigenvalue weighted by Crippen LogP contribution is -2.26. The van der Waals surface area contributed by atoms with Crippen molar-refractivity contribution in [1.82, 2.24) is 5.32 Å². The molecule has 0 radical (unpaired) electrons. The topological polar surface area (TPSA) is 58.2 Å². The summed E-state index contributed by atoms with van der Waals surface area (Å²) in [5.74, 6) is 0.0779. The molecule has 0 atom stereocenters. The highest BCUT2D eigenvalue weighted by molar-refractivity contribution is 6.03. The van der Waals surface area contributed by atoms with Crippen LogP contribution in [0.5, 0.6) is 0 Å². The summed E-state index contributed by atoms with van der Waals surface area (Å²) in [6.07, 6.45) is 1.33. The van der Waals surface area contributed by atoms with E-state index in [0.29, 0.717) is 30.1 Å². The molecule has 4 nitrogen and oxygen atoms in total. The van der Waals surface area contributed by atoms with Crippen LogP contribution in [0.25, 0.3) is 0 Å². The van der Waals surface area contributed by atoms with Gasteiger partial charge in [-0.2, -0.15) is 0 Å². The highest BCUT2D eigenvalue weighted by Crippen LogP contribution is 2.16. The number of carbonyl (C=O) groups excluding carboxylic acids is 2. The number of carbonyl (C=O) groups is 2. The molecule has 0 saturated carbocycles. The lowest BCUT2D eigenvalue weighted by atomic mass is 10.1. The van der Waals surface area contributed by atoms with Gasteiger partial charge in [-0.15, -0.1) is 0 Å². The van der Waals surface area contributed by atoms with Gasteiger partial charge in [0.25, 0.3) is 5.91 Å². The van der Waals surface area contributed by atoms with Crippen molar-refractivity contribution in [2.45, 2.75) is 33.6 Å². The van der Waals surface area contributed by atoms with E-state index in [2.05, 4.69) is 10.6 Å². The van der Waals surface area contributed by atoms with Crippen LogP contribution in [-0.2, 0) is 4.79 Å². The zero-order valence-corrected chi connectivity index (χ0v) is 11.8. The minimum Gasteiger partial charge on any atom is -0.352 e. The first-order valence-corrected chi connectivity index (χ1v) is 6.71. The lowest BCUT2D eigenvalue weighted by Gasteiger charge is -2.12. The van der Waals surface area contributed by atoms with E-state index >= 15 is 0 Å². The Balaban J connectivity index is 2.78. The molecule has 0 fully saturated rings. The zero-order valence-electron chi connectivity index (χ0n) is 11.8. The third-order valence-electron chi connectivity index (χ3n) is 2.57. The van der Waals surface area contributed by atoms with Gasteiger partial charge in [0.05, 0.1) is 11.3 Å². The van der Waals surface area contributed by atoms with Crippen LogP contribution in [0.2, 0.25) is 0 Å². The van der Waals surface area contributed by atoms with Crippen LogP contribution in [0.3, 0.4) is 0 Å². The molecule has 0 unspecified atom stereocenters. The first kappa shape index (κ1) is 15.2. The number of amides is 2. The summed E-state index contributed by atoms with van der Waals surface area (Å²) in [7, 11) is 0. The quantitative estimate of drug-likeness (QED) is 0.828. The van der Waals surface area contributed by atoms with Crippen LogP contribution >= 0.6 is 0 Å². The molecule has 0 heterocycles. The predicted octanol–water partition coefficient (Wildman–Crippen LogP) is 2.81. The third-order valence-corrected chi connectivity index (χ3v) is 2.57. The van der Waals surface area contributed by atoms with E-state index in [1.165, 1.54) is 0 Å². The Morgan fingerprint density at radius 1 is 1.21 bits per heavy atom. The summed E-state index contributed by atoms with van der Waals surface area (Å²) in [5.41, 5.74) is 1.08. The molecule has 4 heteroatoms. The van der Waals surface area contributed by atoms with Gasteiger partial charge in [-0.1, -0.05) is 32.9 Å². The zero-order chi connectivity index (χ0) is 14.3. The van der Waals surface area contributed by atoms with Crippen molar-refractivity contribution in [2.75, 3.05) is 11.9 Å². The van der Waals surface area contributed by atoms with Gasteiger partial charge in [-0.3, -0.25) is 9.59 Å². The van der Waals surface area contributed by atoms with E-state index in [0.717, 1.165) is 6.42 Å². The van der Waals surface area contributed by atoms with Crippen LogP contribution in [0.1, 0.15) is 44.0 Å². The SMILES string of the molecule is CCCNC(=O)c1ccccc1NC(=O)CC(C)C. The molecule has 0 bridgehead atoms. The average Bonchev–Trinajstić information content (AvgIpc) is 2.35. The monoisotopic (exact) mass is 262 g/mol. The number of nitrogens with one attached hydrogen (secondary N) is 2. The molecule has 0 aromatic heterocycles. The Hall–Kier alpha value is -1.84. The number of rotatable bonds is 6. The van der Waals surface area contributed by atoms with Crippen molar-refractivity contribution < 1.29 is 9.59 Å².